The zero-order valence-corrected chi connectivity index (χ0v) is 12.8. The van der Waals surface area contributed by atoms with Crippen LogP contribution in [0.25, 0.3) is 0 Å². The Bertz CT molecular complexity index is 474. The van der Waals surface area contributed by atoms with Gasteiger partial charge in [0.2, 0.25) is 0 Å². The normalized spacial score (nSPS) is 12.1. The van der Waals surface area contributed by atoms with Gasteiger partial charge in [0.05, 0.1) is 7.11 Å². The number of carbonyl (C=O) groups is 2. The Kier molecular flexibility index (Phi) is 5.74. The summed E-state index contributed by atoms with van der Waals surface area (Å²) in [4.78, 5) is 24.0. The number of methoxy groups -OCH3 is 1. The van der Waals surface area contributed by atoms with Crippen LogP contribution in [0.4, 0.5) is 0 Å². The molecule has 0 unspecified atom stereocenters. The number of rotatable bonds is 5. The third-order valence-corrected chi connectivity index (χ3v) is 2.98. The Labute approximate surface area is 120 Å². The highest BCUT2D eigenvalue weighted by atomic mass is 16.5. The van der Waals surface area contributed by atoms with Gasteiger partial charge in [-0.2, -0.15) is 0 Å². The summed E-state index contributed by atoms with van der Waals surface area (Å²) in [6.07, 6.45) is 0.559. The zero-order valence-electron chi connectivity index (χ0n) is 12.8. The Morgan fingerprint density at radius 2 is 1.70 bits per heavy atom. The lowest BCUT2D eigenvalue weighted by molar-refractivity contribution is -0.143. The number of amides is 1. The van der Waals surface area contributed by atoms with Crippen molar-refractivity contribution in [2.45, 2.75) is 40.2 Å². The fraction of sp³-hybridized carbons (Fsp3) is 0.500. The molecule has 0 aliphatic carbocycles. The van der Waals surface area contributed by atoms with E-state index in [0.717, 1.165) is 11.1 Å². The molecule has 1 rings (SSSR count). The molecule has 1 N–H and O–H groups in total. The van der Waals surface area contributed by atoms with E-state index in [1.54, 1.807) is 0 Å². The minimum atomic E-state index is -0.603. The van der Waals surface area contributed by atoms with Gasteiger partial charge in [0.15, 0.2) is 0 Å². The average Bonchev–Trinajstić information content (AvgIpc) is 2.35. The van der Waals surface area contributed by atoms with Crippen LogP contribution < -0.4 is 5.32 Å². The number of hydrogen-bond donors (Lipinski definition) is 1. The van der Waals surface area contributed by atoms with Crippen LogP contribution in [0.1, 0.15) is 41.8 Å². The van der Waals surface area contributed by atoms with Crippen molar-refractivity contribution in [3.63, 3.8) is 0 Å². The van der Waals surface area contributed by atoms with Crippen molar-refractivity contribution in [3.8, 4) is 0 Å². The maximum Gasteiger partial charge on any atom is 0.328 e. The molecule has 0 aromatic heterocycles. The third kappa shape index (κ3) is 4.68. The number of esters is 1. The molecule has 110 valence electrons. The molecule has 1 aromatic carbocycles. The predicted octanol–water partition coefficient (Wildman–Crippen LogP) is 2.62. The van der Waals surface area contributed by atoms with E-state index < -0.39 is 12.0 Å². The summed E-state index contributed by atoms with van der Waals surface area (Å²) >= 11 is 0. The highest BCUT2D eigenvalue weighted by Gasteiger charge is 2.23. The topological polar surface area (TPSA) is 55.4 Å². The van der Waals surface area contributed by atoms with Crippen LogP contribution in [-0.4, -0.2) is 25.0 Å². The summed E-state index contributed by atoms with van der Waals surface area (Å²) in [5.41, 5.74) is 2.61. The van der Waals surface area contributed by atoms with E-state index in [1.165, 1.54) is 7.11 Å². The summed E-state index contributed by atoms with van der Waals surface area (Å²) in [6, 6.07) is 5.02. The second-order valence-electron chi connectivity index (χ2n) is 5.56. The molecule has 1 amide bonds. The molecule has 0 aliphatic heterocycles. The number of ether oxygens (including phenoxy) is 1. The first-order valence-corrected chi connectivity index (χ1v) is 6.80. The van der Waals surface area contributed by atoms with Gasteiger partial charge in [-0.1, -0.05) is 31.0 Å². The Morgan fingerprint density at radius 1 is 1.15 bits per heavy atom. The van der Waals surface area contributed by atoms with E-state index in [4.69, 9.17) is 4.74 Å². The maximum atomic E-state index is 12.2. The molecule has 0 spiro atoms. The molecular weight excluding hydrogens is 254 g/mol. The van der Waals surface area contributed by atoms with Gasteiger partial charge >= 0.3 is 5.97 Å². The van der Waals surface area contributed by atoms with Gasteiger partial charge < -0.3 is 10.1 Å². The highest BCUT2D eigenvalue weighted by Crippen LogP contribution is 2.11. The summed E-state index contributed by atoms with van der Waals surface area (Å²) in [7, 11) is 1.33. The third-order valence-electron chi connectivity index (χ3n) is 2.98. The lowest BCUT2D eigenvalue weighted by Gasteiger charge is -2.18. The Morgan fingerprint density at radius 3 is 2.15 bits per heavy atom. The average molecular weight is 277 g/mol. The number of aryl methyl sites for hydroxylation is 2. The van der Waals surface area contributed by atoms with Crippen molar-refractivity contribution in [2.24, 2.45) is 5.92 Å². The minimum Gasteiger partial charge on any atom is -0.467 e. The van der Waals surface area contributed by atoms with Gasteiger partial charge in [-0.05, 0) is 38.3 Å². The molecule has 0 radical (unpaired) electrons. The van der Waals surface area contributed by atoms with E-state index in [0.29, 0.717) is 17.9 Å². The smallest absolute Gasteiger partial charge is 0.328 e. The van der Waals surface area contributed by atoms with E-state index in [1.807, 2.05) is 45.9 Å². The first-order valence-electron chi connectivity index (χ1n) is 6.80. The van der Waals surface area contributed by atoms with Crippen molar-refractivity contribution in [1.82, 2.24) is 5.32 Å². The molecule has 0 aliphatic rings. The van der Waals surface area contributed by atoms with E-state index in [-0.39, 0.29) is 5.91 Å². The Balaban J connectivity index is 2.87. The van der Waals surface area contributed by atoms with Crippen molar-refractivity contribution < 1.29 is 14.3 Å². The van der Waals surface area contributed by atoms with Crippen molar-refractivity contribution in [3.05, 3.63) is 34.9 Å². The molecule has 0 saturated carbocycles. The largest absolute Gasteiger partial charge is 0.467 e. The number of nitrogens with one attached hydrogen (secondary N) is 1. The molecule has 4 nitrogen and oxygen atoms in total. The fourth-order valence-corrected chi connectivity index (χ4v) is 2.18. The number of benzene rings is 1. The Hall–Kier alpha value is -1.84. The standard InChI is InChI=1S/C16H23NO3/c1-10(2)6-14(16(19)20-5)17-15(18)13-8-11(3)7-12(4)9-13/h7-10,14H,6H2,1-5H3,(H,17,18)/t14-/m0/s1. The van der Waals surface area contributed by atoms with Gasteiger partial charge in [0, 0.05) is 5.56 Å². The van der Waals surface area contributed by atoms with Gasteiger partial charge in [0.25, 0.3) is 5.91 Å². The minimum absolute atomic E-state index is 0.243. The molecule has 1 aromatic rings. The van der Waals surface area contributed by atoms with Crippen LogP contribution in [0.15, 0.2) is 18.2 Å². The van der Waals surface area contributed by atoms with Gasteiger partial charge in [-0.3, -0.25) is 4.79 Å². The molecule has 0 fully saturated rings. The summed E-state index contributed by atoms with van der Waals surface area (Å²) in [6.45, 7) is 7.88. The van der Waals surface area contributed by atoms with E-state index >= 15 is 0 Å². The summed E-state index contributed by atoms with van der Waals surface area (Å²) in [5, 5.41) is 2.76. The van der Waals surface area contributed by atoms with Crippen LogP contribution >= 0.6 is 0 Å². The van der Waals surface area contributed by atoms with Gasteiger partial charge in [0.1, 0.15) is 6.04 Å². The molecule has 4 heteroatoms. The second-order valence-corrected chi connectivity index (χ2v) is 5.56. The molecular formula is C16H23NO3. The molecule has 1 atom stereocenters. The van der Waals surface area contributed by atoms with Gasteiger partial charge in [-0.25, -0.2) is 4.79 Å². The van der Waals surface area contributed by atoms with Crippen LogP contribution in [-0.2, 0) is 9.53 Å². The fourth-order valence-electron chi connectivity index (χ4n) is 2.18. The molecule has 20 heavy (non-hydrogen) atoms. The SMILES string of the molecule is COC(=O)[C@H](CC(C)C)NC(=O)c1cc(C)cc(C)c1. The molecule has 0 heterocycles. The summed E-state index contributed by atoms with van der Waals surface area (Å²) < 4.78 is 4.74. The van der Waals surface area contributed by atoms with Crippen molar-refractivity contribution in [1.29, 1.82) is 0 Å². The van der Waals surface area contributed by atoms with E-state index in [9.17, 15) is 9.59 Å². The highest BCUT2D eigenvalue weighted by molar-refractivity contribution is 5.97. The quantitative estimate of drug-likeness (QED) is 0.842. The monoisotopic (exact) mass is 277 g/mol. The van der Waals surface area contributed by atoms with Gasteiger partial charge in [-0.15, -0.1) is 0 Å². The number of hydrogen-bond acceptors (Lipinski definition) is 3. The van der Waals surface area contributed by atoms with Crippen molar-refractivity contribution in [2.75, 3.05) is 7.11 Å². The van der Waals surface area contributed by atoms with Crippen LogP contribution in [0.2, 0.25) is 0 Å². The van der Waals surface area contributed by atoms with Crippen LogP contribution in [0, 0.1) is 19.8 Å². The lowest BCUT2D eigenvalue weighted by atomic mass is 10.0. The predicted molar refractivity (Wildman–Crippen MR) is 78.6 cm³/mol. The summed E-state index contributed by atoms with van der Waals surface area (Å²) in [5.74, 6) is -0.358. The van der Waals surface area contributed by atoms with E-state index in [2.05, 4.69) is 5.32 Å². The second kappa shape index (κ2) is 7.08. The maximum absolute atomic E-state index is 12.2. The first-order chi connectivity index (χ1) is 9.33. The van der Waals surface area contributed by atoms with Crippen LogP contribution in [0.5, 0.6) is 0 Å². The molecule has 0 bridgehead atoms. The number of carbonyl (C=O) groups excluding carboxylic acids is 2. The van der Waals surface area contributed by atoms with Crippen LogP contribution in [0.3, 0.4) is 0 Å². The van der Waals surface area contributed by atoms with Crippen molar-refractivity contribution >= 4 is 11.9 Å². The first kappa shape index (κ1) is 16.2. The lowest BCUT2D eigenvalue weighted by Crippen LogP contribution is -2.42. The molecule has 0 saturated heterocycles. The zero-order chi connectivity index (χ0) is 15.3.